The van der Waals surface area contributed by atoms with Gasteiger partial charge in [0, 0.05) is 23.7 Å². The molecule has 5 heteroatoms. The Labute approximate surface area is 116 Å². The summed E-state index contributed by atoms with van der Waals surface area (Å²) in [6.07, 6.45) is -0.377. The maximum atomic E-state index is 12.7. The van der Waals surface area contributed by atoms with E-state index < -0.39 is 12.7 Å². The van der Waals surface area contributed by atoms with Crippen molar-refractivity contribution in [1.82, 2.24) is 4.90 Å². The van der Waals surface area contributed by atoms with Crippen molar-refractivity contribution in [2.75, 3.05) is 18.8 Å². The fourth-order valence-corrected chi connectivity index (χ4v) is 2.90. The van der Waals surface area contributed by atoms with Gasteiger partial charge >= 0.3 is 6.18 Å². The Morgan fingerprint density at radius 1 is 1.15 bits per heavy atom. The largest absolute Gasteiger partial charge is 0.401 e. The minimum atomic E-state index is -4.11. The molecular weight excluding hydrogens is 265 g/mol. The zero-order valence-electron chi connectivity index (χ0n) is 11.3. The molecule has 2 saturated carbocycles. The maximum Gasteiger partial charge on any atom is 0.401 e. The average molecular weight is 284 g/mol. The molecule has 110 valence electrons. The molecule has 0 aliphatic heterocycles. The fraction of sp³-hybridized carbons (Fsp3) is 0.600. The zero-order chi connectivity index (χ0) is 14.4. The fourth-order valence-electron chi connectivity index (χ4n) is 2.90. The van der Waals surface area contributed by atoms with Crippen LogP contribution in [0.15, 0.2) is 24.3 Å². The van der Waals surface area contributed by atoms with E-state index in [0.29, 0.717) is 12.2 Å². The smallest absolute Gasteiger partial charge is 0.399 e. The van der Waals surface area contributed by atoms with Crippen LogP contribution >= 0.6 is 0 Å². The molecule has 0 radical (unpaired) electrons. The van der Waals surface area contributed by atoms with Crippen LogP contribution in [0, 0.1) is 0 Å². The van der Waals surface area contributed by atoms with E-state index in [-0.39, 0.29) is 11.5 Å². The first-order valence-electron chi connectivity index (χ1n) is 7.05. The minimum Gasteiger partial charge on any atom is -0.399 e. The number of alkyl halides is 3. The highest BCUT2D eigenvalue weighted by atomic mass is 19.4. The predicted octanol–water partition coefficient (Wildman–Crippen LogP) is 3.33. The summed E-state index contributed by atoms with van der Waals surface area (Å²) in [6, 6.07) is 7.71. The normalized spacial score (nSPS) is 21.2. The third-order valence-electron chi connectivity index (χ3n) is 4.33. The molecule has 1 aromatic carbocycles. The van der Waals surface area contributed by atoms with Crippen molar-refractivity contribution in [2.24, 2.45) is 0 Å². The van der Waals surface area contributed by atoms with Crippen LogP contribution in [-0.2, 0) is 5.41 Å². The number of nitrogen functional groups attached to an aromatic ring is 1. The van der Waals surface area contributed by atoms with Gasteiger partial charge in [-0.2, -0.15) is 13.2 Å². The Balaban J connectivity index is 1.73. The van der Waals surface area contributed by atoms with E-state index in [9.17, 15) is 13.2 Å². The summed E-state index contributed by atoms with van der Waals surface area (Å²) in [7, 11) is 0. The summed E-state index contributed by atoms with van der Waals surface area (Å²) < 4.78 is 38.1. The Kier molecular flexibility index (Phi) is 3.20. The zero-order valence-corrected chi connectivity index (χ0v) is 11.3. The van der Waals surface area contributed by atoms with Gasteiger partial charge in [-0.1, -0.05) is 12.1 Å². The van der Waals surface area contributed by atoms with Crippen LogP contribution in [0.25, 0.3) is 0 Å². The molecule has 0 bridgehead atoms. The Bertz CT molecular complexity index is 473. The molecule has 0 aromatic heterocycles. The Hall–Kier alpha value is -1.23. The number of nitrogens with two attached hydrogens (primary N) is 1. The van der Waals surface area contributed by atoms with Gasteiger partial charge in [-0.15, -0.1) is 0 Å². The monoisotopic (exact) mass is 284 g/mol. The number of hydrogen-bond acceptors (Lipinski definition) is 2. The molecule has 0 spiro atoms. The van der Waals surface area contributed by atoms with Gasteiger partial charge in [0.15, 0.2) is 0 Å². The van der Waals surface area contributed by atoms with E-state index in [1.165, 1.54) is 0 Å². The quantitative estimate of drug-likeness (QED) is 0.840. The summed E-state index contributed by atoms with van der Waals surface area (Å²) in [6.45, 7) is -0.268. The topological polar surface area (TPSA) is 29.3 Å². The molecule has 0 unspecified atom stereocenters. The maximum absolute atomic E-state index is 12.7. The third-order valence-corrected chi connectivity index (χ3v) is 4.33. The van der Waals surface area contributed by atoms with Gasteiger partial charge in [0.25, 0.3) is 0 Å². The van der Waals surface area contributed by atoms with Crippen LogP contribution in [0.5, 0.6) is 0 Å². The van der Waals surface area contributed by atoms with Crippen molar-refractivity contribution < 1.29 is 13.2 Å². The van der Waals surface area contributed by atoms with Gasteiger partial charge in [-0.3, -0.25) is 4.90 Å². The highest BCUT2D eigenvalue weighted by Gasteiger charge is 2.49. The summed E-state index contributed by atoms with van der Waals surface area (Å²) in [5, 5.41) is 0. The Morgan fingerprint density at radius 3 is 2.20 bits per heavy atom. The first-order valence-corrected chi connectivity index (χ1v) is 7.05. The van der Waals surface area contributed by atoms with Crippen LogP contribution in [0.4, 0.5) is 18.9 Å². The van der Waals surface area contributed by atoms with Gasteiger partial charge < -0.3 is 5.73 Å². The number of hydrogen-bond donors (Lipinski definition) is 1. The predicted molar refractivity (Wildman–Crippen MR) is 72.4 cm³/mol. The lowest BCUT2D eigenvalue weighted by molar-refractivity contribution is -0.148. The summed E-state index contributed by atoms with van der Waals surface area (Å²) in [5.74, 6) is 0. The molecule has 2 nitrogen and oxygen atoms in total. The average Bonchev–Trinajstić information content (AvgIpc) is 3.22. The molecule has 3 rings (SSSR count). The molecular formula is C15H19F3N2. The molecule has 0 heterocycles. The van der Waals surface area contributed by atoms with Crippen LogP contribution in [-0.4, -0.2) is 30.2 Å². The standard InChI is InChI=1S/C15H19F3N2/c16-15(17,18)10-20(13-5-6-13)9-14(7-8-14)11-1-3-12(19)4-2-11/h1-4,13H,5-10,19H2. The lowest BCUT2D eigenvalue weighted by Crippen LogP contribution is -2.40. The molecule has 2 aliphatic rings. The van der Waals surface area contributed by atoms with Crippen molar-refractivity contribution in [3.8, 4) is 0 Å². The second-order valence-electron chi connectivity index (χ2n) is 6.15. The van der Waals surface area contributed by atoms with Crippen molar-refractivity contribution in [3.63, 3.8) is 0 Å². The van der Waals surface area contributed by atoms with Crippen molar-refractivity contribution in [2.45, 2.75) is 43.3 Å². The van der Waals surface area contributed by atoms with E-state index in [0.717, 1.165) is 31.2 Å². The van der Waals surface area contributed by atoms with Gasteiger partial charge in [0.05, 0.1) is 6.54 Å². The summed E-state index contributed by atoms with van der Waals surface area (Å²) in [4.78, 5) is 1.63. The number of anilines is 1. The second kappa shape index (κ2) is 4.65. The number of halogens is 3. The molecule has 2 fully saturated rings. The van der Waals surface area contributed by atoms with E-state index in [2.05, 4.69) is 0 Å². The van der Waals surface area contributed by atoms with Crippen molar-refractivity contribution in [1.29, 1.82) is 0 Å². The van der Waals surface area contributed by atoms with E-state index in [1.54, 1.807) is 4.90 Å². The summed E-state index contributed by atoms with van der Waals surface area (Å²) in [5.41, 5.74) is 7.41. The van der Waals surface area contributed by atoms with Crippen LogP contribution in [0.1, 0.15) is 31.2 Å². The highest BCUT2D eigenvalue weighted by molar-refractivity contribution is 5.43. The van der Waals surface area contributed by atoms with E-state index >= 15 is 0 Å². The molecule has 0 amide bonds. The van der Waals surface area contributed by atoms with E-state index in [4.69, 9.17) is 5.73 Å². The number of benzene rings is 1. The van der Waals surface area contributed by atoms with Crippen LogP contribution in [0.3, 0.4) is 0 Å². The molecule has 1 aromatic rings. The van der Waals surface area contributed by atoms with Crippen molar-refractivity contribution in [3.05, 3.63) is 29.8 Å². The minimum absolute atomic E-state index is 0.0818. The second-order valence-corrected chi connectivity index (χ2v) is 6.15. The van der Waals surface area contributed by atoms with Gasteiger partial charge in [0.1, 0.15) is 0 Å². The molecule has 20 heavy (non-hydrogen) atoms. The van der Waals surface area contributed by atoms with Crippen LogP contribution in [0.2, 0.25) is 0 Å². The highest BCUT2D eigenvalue weighted by Crippen LogP contribution is 2.50. The van der Waals surface area contributed by atoms with E-state index in [1.807, 2.05) is 24.3 Å². The van der Waals surface area contributed by atoms with Gasteiger partial charge in [-0.25, -0.2) is 0 Å². The molecule has 2 aliphatic carbocycles. The van der Waals surface area contributed by atoms with Gasteiger partial charge in [-0.05, 0) is 43.4 Å². The van der Waals surface area contributed by atoms with Crippen molar-refractivity contribution >= 4 is 5.69 Å². The van der Waals surface area contributed by atoms with Gasteiger partial charge in [0.2, 0.25) is 0 Å². The number of nitrogens with zero attached hydrogens (tertiary/aromatic N) is 1. The Morgan fingerprint density at radius 2 is 1.75 bits per heavy atom. The number of rotatable bonds is 5. The molecule has 2 N–H and O–H groups in total. The summed E-state index contributed by atoms with van der Waals surface area (Å²) >= 11 is 0. The lowest BCUT2D eigenvalue weighted by atomic mass is 9.95. The third kappa shape index (κ3) is 3.08. The SMILES string of the molecule is Nc1ccc(C2(CN(CC(F)(F)F)C3CC3)CC2)cc1. The first kappa shape index (κ1) is 13.7. The first-order chi connectivity index (χ1) is 9.38. The van der Waals surface area contributed by atoms with Crippen LogP contribution < -0.4 is 5.73 Å². The molecule has 0 saturated heterocycles. The lowest BCUT2D eigenvalue weighted by Gasteiger charge is -2.28. The molecule has 0 atom stereocenters.